The quantitative estimate of drug-likeness (QED) is 0.0320. The second kappa shape index (κ2) is 66.6. The van der Waals surface area contributed by atoms with Crippen molar-refractivity contribution >= 4 is 11.9 Å². The SMILES string of the molecule is CCCCCC/C=C\C/C=C\CCCCCCCCCC(=O)OCCCCCCCCCCCCCCCCCCCCCCCCCCCCCCCCCC(=O)NC(CO)C(O)/C=C/CCCCCCCCCCC. The number of nitrogens with one attached hydrogen (secondary N) is 1. The van der Waals surface area contributed by atoms with E-state index in [1.165, 1.54) is 302 Å². The number of aliphatic hydroxyl groups excluding tert-OH is 2. The van der Waals surface area contributed by atoms with E-state index in [4.69, 9.17) is 4.74 Å². The van der Waals surface area contributed by atoms with Gasteiger partial charge < -0.3 is 20.3 Å². The van der Waals surface area contributed by atoms with Gasteiger partial charge in [-0.3, -0.25) is 9.59 Å². The zero-order valence-corrected chi connectivity index (χ0v) is 52.0. The molecule has 1 amide bonds. The number of carbonyl (C=O) groups is 2. The molecule has 0 aliphatic heterocycles. The number of hydrogen-bond acceptors (Lipinski definition) is 5. The summed E-state index contributed by atoms with van der Waals surface area (Å²) in [5.74, 6) is -0.0505. The van der Waals surface area contributed by atoms with Gasteiger partial charge in [0.2, 0.25) is 5.91 Å². The number of allylic oxidation sites excluding steroid dienone is 5. The maximum atomic E-state index is 12.4. The molecular weight excluding hydrogens is 947 g/mol. The van der Waals surface area contributed by atoms with Crippen molar-refractivity contribution in [1.82, 2.24) is 5.32 Å². The van der Waals surface area contributed by atoms with E-state index in [0.29, 0.717) is 19.4 Å². The third-order valence-electron chi connectivity index (χ3n) is 16.2. The molecule has 0 radical (unpaired) electrons. The van der Waals surface area contributed by atoms with Crippen LogP contribution < -0.4 is 5.32 Å². The highest BCUT2D eigenvalue weighted by Crippen LogP contribution is 2.18. The topological polar surface area (TPSA) is 95.9 Å². The smallest absolute Gasteiger partial charge is 0.305 e. The van der Waals surface area contributed by atoms with Gasteiger partial charge in [-0.25, -0.2) is 0 Å². The number of rotatable bonds is 65. The molecule has 0 heterocycles. The molecule has 0 fully saturated rings. The zero-order chi connectivity index (χ0) is 55.7. The molecule has 3 N–H and O–H groups in total. The maximum Gasteiger partial charge on any atom is 0.305 e. The number of aliphatic hydroxyl groups is 2. The Bertz CT molecular complexity index is 1250. The van der Waals surface area contributed by atoms with E-state index in [2.05, 4.69) is 43.5 Å². The second-order valence-electron chi connectivity index (χ2n) is 23.9. The summed E-state index contributed by atoms with van der Waals surface area (Å²) in [6.45, 7) is 4.90. The average Bonchev–Trinajstić information content (AvgIpc) is 3.43. The first kappa shape index (κ1) is 75.1. The molecule has 2 atom stereocenters. The van der Waals surface area contributed by atoms with Gasteiger partial charge in [0.25, 0.3) is 0 Å². The molecular formula is C71H135NO5. The minimum absolute atomic E-state index is 0.0132. The summed E-state index contributed by atoms with van der Waals surface area (Å²) < 4.78 is 5.50. The molecule has 0 aromatic rings. The molecule has 6 nitrogen and oxygen atoms in total. The van der Waals surface area contributed by atoms with E-state index in [9.17, 15) is 19.8 Å². The van der Waals surface area contributed by atoms with Gasteiger partial charge in [-0.2, -0.15) is 0 Å². The fraction of sp³-hybridized carbons (Fsp3) is 0.887. The lowest BCUT2D eigenvalue weighted by atomic mass is 10.0. The minimum Gasteiger partial charge on any atom is -0.466 e. The zero-order valence-electron chi connectivity index (χ0n) is 52.0. The normalized spacial score (nSPS) is 12.7. The van der Waals surface area contributed by atoms with E-state index < -0.39 is 12.1 Å². The van der Waals surface area contributed by atoms with Crippen molar-refractivity contribution in [3.63, 3.8) is 0 Å². The van der Waals surface area contributed by atoms with Crippen LogP contribution in [0.3, 0.4) is 0 Å². The summed E-state index contributed by atoms with van der Waals surface area (Å²) in [5.41, 5.74) is 0. The predicted octanol–water partition coefficient (Wildman–Crippen LogP) is 22.3. The van der Waals surface area contributed by atoms with Crippen molar-refractivity contribution < 1.29 is 24.5 Å². The molecule has 77 heavy (non-hydrogen) atoms. The van der Waals surface area contributed by atoms with Crippen LogP contribution in [0.2, 0.25) is 0 Å². The first-order valence-electron chi connectivity index (χ1n) is 34.8. The lowest BCUT2D eigenvalue weighted by Gasteiger charge is -2.20. The van der Waals surface area contributed by atoms with E-state index in [1.54, 1.807) is 6.08 Å². The monoisotopic (exact) mass is 1080 g/mol. The fourth-order valence-corrected chi connectivity index (χ4v) is 10.8. The molecule has 0 aromatic heterocycles. The number of esters is 1. The van der Waals surface area contributed by atoms with Gasteiger partial charge in [0.05, 0.1) is 25.4 Å². The van der Waals surface area contributed by atoms with Crippen LogP contribution in [0.4, 0.5) is 0 Å². The Hall–Kier alpha value is -1.92. The van der Waals surface area contributed by atoms with Gasteiger partial charge in [-0.15, -0.1) is 0 Å². The van der Waals surface area contributed by atoms with Crippen LogP contribution in [0.15, 0.2) is 36.5 Å². The molecule has 0 spiro atoms. The molecule has 2 unspecified atom stereocenters. The van der Waals surface area contributed by atoms with E-state index in [-0.39, 0.29) is 18.5 Å². The van der Waals surface area contributed by atoms with Crippen molar-refractivity contribution in [2.75, 3.05) is 13.2 Å². The Morgan fingerprint density at radius 2 is 0.649 bits per heavy atom. The van der Waals surface area contributed by atoms with Gasteiger partial charge in [-0.1, -0.05) is 339 Å². The number of unbranched alkanes of at least 4 members (excludes halogenated alkanes) is 50. The Morgan fingerprint density at radius 3 is 1.00 bits per heavy atom. The molecule has 0 aliphatic carbocycles. The van der Waals surface area contributed by atoms with E-state index >= 15 is 0 Å². The molecule has 0 aromatic carbocycles. The van der Waals surface area contributed by atoms with Crippen LogP contribution in [0.25, 0.3) is 0 Å². The average molecular weight is 1080 g/mol. The van der Waals surface area contributed by atoms with Crippen LogP contribution in [-0.4, -0.2) is 47.4 Å². The van der Waals surface area contributed by atoms with Crippen molar-refractivity contribution in [3.8, 4) is 0 Å². The summed E-state index contributed by atoms with van der Waals surface area (Å²) in [6, 6.07) is -0.623. The number of hydrogen-bond donors (Lipinski definition) is 3. The van der Waals surface area contributed by atoms with Crippen molar-refractivity contribution in [2.45, 2.75) is 392 Å². The first-order chi connectivity index (χ1) is 38.0. The predicted molar refractivity (Wildman–Crippen MR) is 338 cm³/mol. The largest absolute Gasteiger partial charge is 0.466 e. The van der Waals surface area contributed by atoms with Crippen LogP contribution in [0.5, 0.6) is 0 Å². The van der Waals surface area contributed by atoms with Crippen molar-refractivity contribution in [1.29, 1.82) is 0 Å². The Kier molecular flexibility index (Phi) is 64.9. The van der Waals surface area contributed by atoms with E-state index in [0.717, 1.165) is 51.4 Å². The Balaban J connectivity index is 3.31. The van der Waals surface area contributed by atoms with Gasteiger partial charge in [0.1, 0.15) is 0 Å². The molecule has 0 rings (SSSR count). The highest BCUT2D eigenvalue weighted by molar-refractivity contribution is 5.76. The van der Waals surface area contributed by atoms with Crippen LogP contribution in [0.1, 0.15) is 380 Å². The van der Waals surface area contributed by atoms with Crippen molar-refractivity contribution in [3.05, 3.63) is 36.5 Å². The van der Waals surface area contributed by atoms with Gasteiger partial charge in [-0.05, 0) is 64.2 Å². The summed E-state index contributed by atoms with van der Waals surface area (Å²) in [7, 11) is 0. The van der Waals surface area contributed by atoms with Crippen LogP contribution in [0, 0.1) is 0 Å². The summed E-state index contributed by atoms with van der Waals surface area (Å²) in [6.07, 6.45) is 85.2. The summed E-state index contributed by atoms with van der Waals surface area (Å²) in [4.78, 5) is 24.5. The van der Waals surface area contributed by atoms with Gasteiger partial charge >= 0.3 is 5.97 Å². The van der Waals surface area contributed by atoms with Crippen molar-refractivity contribution in [2.24, 2.45) is 0 Å². The lowest BCUT2D eigenvalue weighted by Crippen LogP contribution is -2.45. The highest BCUT2D eigenvalue weighted by atomic mass is 16.5. The number of carbonyl (C=O) groups excluding carboxylic acids is 2. The van der Waals surface area contributed by atoms with Gasteiger partial charge in [0.15, 0.2) is 0 Å². The standard InChI is InChI=1S/C71H135NO5/c1-3-5-7-9-11-13-15-16-17-18-35-38-41-45-49-53-57-61-65-71(76)77-66-62-58-54-50-46-42-39-36-33-31-29-27-25-23-21-19-20-22-24-26-28-30-32-34-37-40-44-48-52-56-60-64-70(75)72-68(67-73)69(74)63-59-55-51-47-43-14-12-10-8-6-4-2/h13,15,17-18,59,63,68-69,73-74H,3-12,14,16,19-58,60-62,64-67H2,1-2H3,(H,72,75)/b15-13-,18-17-,63-59+. The highest BCUT2D eigenvalue weighted by Gasteiger charge is 2.18. The third-order valence-corrected chi connectivity index (χ3v) is 16.2. The molecule has 0 saturated heterocycles. The summed E-state index contributed by atoms with van der Waals surface area (Å²) >= 11 is 0. The Labute approximate surface area is 481 Å². The van der Waals surface area contributed by atoms with E-state index in [1.807, 2.05) is 6.08 Å². The molecule has 454 valence electrons. The molecule has 0 aliphatic rings. The lowest BCUT2D eigenvalue weighted by molar-refractivity contribution is -0.143. The Morgan fingerprint density at radius 1 is 0.364 bits per heavy atom. The molecule has 0 bridgehead atoms. The minimum atomic E-state index is -0.840. The number of amides is 1. The molecule has 0 saturated carbocycles. The first-order valence-corrected chi connectivity index (χ1v) is 34.8. The fourth-order valence-electron chi connectivity index (χ4n) is 10.8. The van der Waals surface area contributed by atoms with Gasteiger partial charge in [0, 0.05) is 12.8 Å². The van der Waals surface area contributed by atoms with Crippen LogP contribution in [-0.2, 0) is 14.3 Å². The number of ether oxygens (including phenoxy) is 1. The van der Waals surface area contributed by atoms with Crippen LogP contribution >= 0.6 is 0 Å². The second-order valence-corrected chi connectivity index (χ2v) is 23.9. The summed E-state index contributed by atoms with van der Waals surface area (Å²) in [5, 5.41) is 23.1. The maximum absolute atomic E-state index is 12.4. The molecule has 6 heteroatoms. The third kappa shape index (κ3) is 63.1.